The van der Waals surface area contributed by atoms with Gasteiger partial charge in [0.05, 0.1) is 6.04 Å². The van der Waals surface area contributed by atoms with Crippen molar-refractivity contribution in [2.24, 2.45) is 5.73 Å². The molecule has 1 aromatic carbocycles. The fraction of sp³-hybridized carbons (Fsp3) is 0.292. The van der Waals surface area contributed by atoms with Crippen LogP contribution in [0.25, 0.3) is 11.3 Å². The average molecular weight is 486 g/mol. The number of carbonyl (C=O) groups excluding carboxylic acids is 1. The van der Waals surface area contributed by atoms with Crippen LogP contribution in [-0.4, -0.2) is 38.7 Å². The van der Waals surface area contributed by atoms with E-state index in [9.17, 15) is 18.0 Å². The molecule has 0 spiro atoms. The highest BCUT2D eigenvalue weighted by Crippen LogP contribution is 2.34. The number of likely N-dealkylation sites (tertiary alicyclic amines) is 1. The van der Waals surface area contributed by atoms with Gasteiger partial charge in [-0.05, 0) is 56.3 Å². The molecule has 1 saturated heterocycles. The first-order valence-electron chi connectivity index (χ1n) is 11.0. The Morgan fingerprint density at radius 1 is 1.20 bits per heavy atom. The third-order valence-electron chi connectivity index (χ3n) is 5.69. The van der Waals surface area contributed by atoms with Crippen LogP contribution >= 0.6 is 0 Å². The molecule has 1 aliphatic heterocycles. The largest absolute Gasteiger partial charge is 0.439 e. The molecule has 1 aliphatic rings. The molecule has 184 valence electrons. The number of aromatic nitrogens is 3. The fourth-order valence-electron chi connectivity index (χ4n) is 4.13. The van der Waals surface area contributed by atoms with E-state index >= 15 is 0 Å². The maximum atomic E-state index is 12.9. The Kier molecular flexibility index (Phi) is 6.68. The second-order valence-corrected chi connectivity index (χ2v) is 8.18. The molecule has 0 aliphatic carbocycles. The summed E-state index contributed by atoms with van der Waals surface area (Å²) in [5.74, 6) is -0.420. The van der Waals surface area contributed by atoms with Crippen molar-refractivity contribution < 1.29 is 22.7 Å². The molecule has 35 heavy (non-hydrogen) atoms. The van der Waals surface area contributed by atoms with E-state index in [4.69, 9.17) is 16.2 Å². The SMILES string of the molecule is CC=CN1CCC[C@@H](n2nc(-c3ccc(Oc4cccc(C(F)(F)F)n4)cc3)c(C(N)=O)c2N)C1. The Bertz CT molecular complexity index is 1240. The third-order valence-corrected chi connectivity index (χ3v) is 5.69. The number of pyridine rings is 1. The number of primary amides is 1. The zero-order valence-corrected chi connectivity index (χ0v) is 19.0. The van der Waals surface area contributed by atoms with Crippen LogP contribution in [0.3, 0.4) is 0 Å². The number of alkyl halides is 3. The zero-order valence-electron chi connectivity index (χ0n) is 19.0. The predicted octanol–water partition coefficient (Wildman–Crippen LogP) is 4.61. The average Bonchev–Trinajstić information content (AvgIpc) is 3.17. The summed E-state index contributed by atoms with van der Waals surface area (Å²) in [5, 5.41) is 4.63. The summed E-state index contributed by atoms with van der Waals surface area (Å²) in [6, 6.07) is 9.75. The second-order valence-electron chi connectivity index (χ2n) is 8.18. The van der Waals surface area contributed by atoms with E-state index < -0.39 is 17.8 Å². The molecule has 1 atom stereocenters. The van der Waals surface area contributed by atoms with Crippen LogP contribution in [0.4, 0.5) is 19.0 Å². The quantitative estimate of drug-likeness (QED) is 0.526. The topological polar surface area (TPSA) is 112 Å². The Balaban J connectivity index is 1.60. The van der Waals surface area contributed by atoms with Gasteiger partial charge in [-0.25, -0.2) is 9.67 Å². The van der Waals surface area contributed by atoms with Crippen molar-refractivity contribution >= 4 is 11.7 Å². The number of halogens is 3. The van der Waals surface area contributed by atoms with Crippen LogP contribution < -0.4 is 16.2 Å². The lowest BCUT2D eigenvalue weighted by Gasteiger charge is -2.32. The van der Waals surface area contributed by atoms with E-state index in [1.807, 2.05) is 19.2 Å². The van der Waals surface area contributed by atoms with Gasteiger partial charge in [0.25, 0.3) is 5.91 Å². The van der Waals surface area contributed by atoms with Crippen molar-refractivity contribution in [3.63, 3.8) is 0 Å². The summed E-state index contributed by atoms with van der Waals surface area (Å²) in [7, 11) is 0. The zero-order chi connectivity index (χ0) is 25.2. The number of piperidine rings is 1. The van der Waals surface area contributed by atoms with Gasteiger partial charge in [0.15, 0.2) is 0 Å². The molecule has 1 amide bonds. The molecule has 3 aromatic rings. The van der Waals surface area contributed by atoms with Gasteiger partial charge in [0, 0.05) is 24.7 Å². The minimum absolute atomic E-state index is 0.0265. The number of allylic oxidation sites excluding steroid dienone is 1. The Labute approximate surface area is 200 Å². The molecule has 4 rings (SSSR count). The molecule has 0 saturated carbocycles. The molecule has 8 nitrogen and oxygen atoms in total. The maximum absolute atomic E-state index is 12.9. The Morgan fingerprint density at radius 3 is 2.60 bits per heavy atom. The van der Waals surface area contributed by atoms with Crippen LogP contribution in [0, 0.1) is 0 Å². The third kappa shape index (κ3) is 5.23. The number of benzene rings is 1. The maximum Gasteiger partial charge on any atom is 0.433 e. The molecule has 0 radical (unpaired) electrons. The van der Waals surface area contributed by atoms with Gasteiger partial charge in [0.2, 0.25) is 5.88 Å². The summed E-state index contributed by atoms with van der Waals surface area (Å²) < 4.78 is 45.8. The van der Waals surface area contributed by atoms with Crippen LogP contribution in [0.2, 0.25) is 0 Å². The van der Waals surface area contributed by atoms with Gasteiger partial charge >= 0.3 is 6.18 Å². The normalized spacial score (nSPS) is 16.6. The van der Waals surface area contributed by atoms with E-state index in [0.717, 1.165) is 25.5 Å². The molecule has 1 fully saturated rings. The molecule has 2 aromatic heterocycles. The first-order chi connectivity index (χ1) is 16.7. The predicted molar refractivity (Wildman–Crippen MR) is 125 cm³/mol. The number of nitrogens with zero attached hydrogens (tertiary/aromatic N) is 4. The van der Waals surface area contributed by atoms with Gasteiger partial charge in [-0.2, -0.15) is 18.3 Å². The van der Waals surface area contributed by atoms with E-state index in [0.29, 0.717) is 17.8 Å². The lowest BCUT2D eigenvalue weighted by molar-refractivity contribution is -0.141. The summed E-state index contributed by atoms with van der Waals surface area (Å²) in [6.07, 6.45) is 1.21. The molecule has 11 heteroatoms. The van der Waals surface area contributed by atoms with Crippen LogP contribution in [0.1, 0.15) is 41.9 Å². The van der Waals surface area contributed by atoms with Gasteiger partial charge in [-0.15, -0.1) is 0 Å². The minimum Gasteiger partial charge on any atom is -0.439 e. The second kappa shape index (κ2) is 9.69. The fourth-order valence-corrected chi connectivity index (χ4v) is 4.13. The number of amides is 1. The molecule has 0 unspecified atom stereocenters. The highest BCUT2D eigenvalue weighted by atomic mass is 19.4. The number of anilines is 1. The van der Waals surface area contributed by atoms with Crippen LogP contribution in [0.15, 0.2) is 54.7 Å². The smallest absolute Gasteiger partial charge is 0.433 e. The molecule has 4 N–H and O–H groups in total. The highest BCUT2D eigenvalue weighted by molar-refractivity contribution is 6.03. The van der Waals surface area contributed by atoms with Gasteiger partial charge in [-0.1, -0.05) is 12.1 Å². The Hall–Kier alpha value is -4.02. The van der Waals surface area contributed by atoms with Crippen molar-refractivity contribution in [2.45, 2.75) is 32.0 Å². The summed E-state index contributed by atoms with van der Waals surface area (Å²) >= 11 is 0. The first-order valence-corrected chi connectivity index (χ1v) is 11.0. The lowest BCUT2D eigenvalue weighted by atomic mass is 10.1. The van der Waals surface area contributed by atoms with E-state index in [2.05, 4.69) is 15.0 Å². The number of hydrogen-bond donors (Lipinski definition) is 2. The van der Waals surface area contributed by atoms with Gasteiger partial charge in [0.1, 0.15) is 28.5 Å². The monoisotopic (exact) mass is 486 g/mol. The number of nitrogens with two attached hydrogens (primary N) is 2. The summed E-state index contributed by atoms with van der Waals surface area (Å²) in [6.45, 7) is 3.58. The van der Waals surface area contributed by atoms with Crippen LogP contribution in [-0.2, 0) is 6.18 Å². The van der Waals surface area contributed by atoms with Crippen molar-refractivity contribution in [1.82, 2.24) is 19.7 Å². The number of ether oxygens (including phenoxy) is 1. The Morgan fingerprint density at radius 2 is 1.94 bits per heavy atom. The van der Waals surface area contributed by atoms with Crippen molar-refractivity contribution in [3.05, 3.63) is 66.0 Å². The van der Waals surface area contributed by atoms with E-state index in [1.165, 1.54) is 12.1 Å². The number of nitrogen functional groups attached to an aromatic ring is 1. The lowest BCUT2D eigenvalue weighted by Crippen LogP contribution is -2.34. The molecular formula is C24H25F3N6O2. The van der Waals surface area contributed by atoms with Gasteiger partial charge < -0.3 is 21.1 Å². The first kappa shape index (κ1) is 24.1. The van der Waals surface area contributed by atoms with E-state index in [-0.39, 0.29) is 29.1 Å². The van der Waals surface area contributed by atoms with Crippen molar-refractivity contribution in [3.8, 4) is 22.9 Å². The van der Waals surface area contributed by atoms with Crippen LogP contribution in [0.5, 0.6) is 11.6 Å². The van der Waals surface area contributed by atoms with Crippen molar-refractivity contribution in [2.75, 3.05) is 18.8 Å². The number of rotatable bonds is 6. The van der Waals surface area contributed by atoms with Crippen molar-refractivity contribution in [1.29, 1.82) is 0 Å². The number of hydrogen-bond acceptors (Lipinski definition) is 6. The molecule has 3 heterocycles. The summed E-state index contributed by atoms with van der Waals surface area (Å²) in [5.41, 5.74) is 11.9. The van der Waals surface area contributed by atoms with E-state index in [1.54, 1.807) is 28.9 Å². The standard InChI is InChI=1S/C24H25F3N6O2/c1-2-12-32-13-4-5-16(14-32)33-22(28)20(23(29)34)21(31-33)15-8-10-17(11-9-15)35-19-7-3-6-18(30-19)24(25,26)27/h2-3,6-12,16H,4-5,13-14,28H2,1H3,(H2,29,34)/t16-/m1/s1. The highest BCUT2D eigenvalue weighted by Gasteiger charge is 2.33. The minimum atomic E-state index is -4.57. The number of carbonyl (C=O) groups is 1. The molecular weight excluding hydrogens is 461 g/mol. The van der Waals surface area contributed by atoms with Gasteiger partial charge in [-0.3, -0.25) is 4.79 Å². The molecule has 0 bridgehead atoms. The summed E-state index contributed by atoms with van der Waals surface area (Å²) in [4.78, 5) is 17.9.